The zero-order valence-corrected chi connectivity index (χ0v) is 14.5. The summed E-state index contributed by atoms with van der Waals surface area (Å²) in [6, 6.07) is 8.71. The fourth-order valence-corrected chi connectivity index (χ4v) is 3.15. The summed E-state index contributed by atoms with van der Waals surface area (Å²) in [5, 5.41) is 10.3. The summed E-state index contributed by atoms with van der Waals surface area (Å²) in [4.78, 5) is 2.38. The molecule has 2 rings (SSSR count). The number of benzene rings is 1. The molecule has 1 aliphatic rings. The average Bonchev–Trinajstić information content (AvgIpc) is 2.47. The van der Waals surface area contributed by atoms with Crippen molar-refractivity contribution in [3.05, 3.63) is 29.8 Å². The van der Waals surface area contributed by atoms with Crippen molar-refractivity contribution in [3.8, 4) is 5.75 Å². The number of β-amino-alcohol motifs (C(OH)–C–C–N with tert-alkyl or cyclic N) is 1. The Morgan fingerprint density at radius 2 is 2.00 bits per heavy atom. The van der Waals surface area contributed by atoms with Crippen molar-refractivity contribution < 1.29 is 9.84 Å². The van der Waals surface area contributed by atoms with E-state index in [9.17, 15) is 5.11 Å². The summed E-state index contributed by atoms with van der Waals surface area (Å²) < 4.78 is 5.93. The van der Waals surface area contributed by atoms with Gasteiger partial charge < -0.3 is 9.84 Å². The van der Waals surface area contributed by atoms with Gasteiger partial charge in [0.1, 0.15) is 18.5 Å². The Morgan fingerprint density at radius 3 is 2.68 bits per heavy atom. The van der Waals surface area contributed by atoms with E-state index >= 15 is 0 Å². The first-order valence-corrected chi connectivity index (χ1v) is 8.52. The van der Waals surface area contributed by atoms with Gasteiger partial charge in [-0.15, -0.1) is 0 Å². The van der Waals surface area contributed by atoms with E-state index in [2.05, 4.69) is 38.7 Å². The molecule has 1 N–H and O–H groups in total. The third-order valence-electron chi connectivity index (χ3n) is 4.51. The fraction of sp³-hybridized carbons (Fsp3) is 0.684. The maximum absolute atomic E-state index is 10.3. The van der Waals surface area contributed by atoms with Crippen LogP contribution in [0.25, 0.3) is 0 Å². The lowest BCUT2D eigenvalue weighted by Gasteiger charge is -2.34. The molecule has 124 valence electrons. The minimum absolute atomic E-state index is 0.0446. The van der Waals surface area contributed by atoms with E-state index in [1.165, 1.54) is 24.8 Å². The van der Waals surface area contributed by atoms with Crippen molar-refractivity contribution in [3.63, 3.8) is 0 Å². The molecule has 0 spiro atoms. The number of aliphatic hydroxyl groups excluding tert-OH is 1. The standard InChI is InChI=1S/C19H31NO2/c1-15-9-7-8-12-20(15)13-16(21)14-22-18-11-6-5-10-17(18)19(2,3)4/h5-6,10-11,15-16,21H,7-9,12-14H2,1-4H3. The lowest BCUT2D eigenvalue weighted by Crippen LogP contribution is -2.43. The molecule has 0 aliphatic carbocycles. The molecular weight excluding hydrogens is 274 g/mol. The van der Waals surface area contributed by atoms with Crippen LogP contribution >= 0.6 is 0 Å². The van der Waals surface area contributed by atoms with Gasteiger partial charge in [-0.2, -0.15) is 0 Å². The molecule has 0 radical (unpaired) electrons. The number of ether oxygens (including phenoxy) is 1. The van der Waals surface area contributed by atoms with Crippen LogP contribution in [0.1, 0.15) is 52.5 Å². The van der Waals surface area contributed by atoms with Gasteiger partial charge in [0, 0.05) is 12.6 Å². The molecule has 2 unspecified atom stereocenters. The Morgan fingerprint density at radius 1 is 1.27 bits per heavy atom. The van der Waals surface area contributed by atoms with Crippen LogP contribution < -0.4 is 4.74 Å². The molecule has 0 aromatic heterocycles. The first-order chi connectivity index (χ1) is 10.4. The molecule has 1 heterocycles. The molecule has 1 aromatic carbocycles. The topological polar surface area (TPSA) is 32.7 Å². The highest BCUT2D eigenvalue weighted by Crippen LogP contribution is 2.31. The van der Waals surface area contributed by atoms with Crippen molar-refractivity contribution in [2.75, 3.05) is 19.7 Å². The largest absolute Gasteiger partial charge is 0.491 e. The van der Waals surface area contributed by atoms with Crippen LogP contribution in [0.15, 0.2) is 24.3 Å². The van der Waals surface area contributed by atoms with Crippen molar-refractivity contribution in [1.82, 2.24) is 4.90 Å². The van der Waals surface area contributed by atoms with E-state index in [0.29, 0.717) is 19.2 Å². The van der Waals surface area contributed by atoms with Crippen molar-refractivity contribution in [2.45, 2.75) is 64.5 Å². The Kier molecular flexibility index (Phi) is 5.87. The molecule has 2 atom stereocenters. The summed E-state index contributed by atoms with van der Waals surface area (Å²) in [6.45, 7) is 11.0. The molecule has 0 amide bonds. The highest BCUT2D eigenvalue weighted by atomic mass is 16.5. The third kappa shape index (κ3) is 4.72. The number of rotatable bonds is 5. The van der Waals surface area contributed by atoms with E-state index in [0.717, 1.165) is 12.3 Å². The molecule has 0 bridgehead atoms. The van der Waals surface area contributed by atoms with Crippen LogP contribution in [-0.4, -0.2) is 41.8 Å². The monoisotopic (exact) mass is 305 g/mol. The Bertz CT molecular complexity index is 467. The second-order valence-electron chi connectivity index (χ2n) is 7.55. The number of hydrogen-bond acceptors (Lipinski definition) is 3. The first-order valence-electron chi connectivity index (χ1n) is 8.52. The molecule has 1 aliphatic heterocycles. The molecule has 0 saturated carbocycles. The van der Waals surface area contributed by atoms with Crippen molar-refractivity contribution in [1.29, 1.82) is 0 Å². The van der Waals surface area contributed by atoms with Gasteiger partial charge in [0.05, 0.1) is 0 Å². The van der Waals surface area contributed by atoms with Gasteiger partial charge in [-0.3, -0.25) is 4.90 Å². The molecule has 1 aromatic rings. The average molecular weight is 305 g/mol. The van der Waals surface area contributed by atoms with Crippen LogP contribution in [-0.2, 0) is 5.41 Å². The first kappa shape index (κ1) is 17.3. The van der Waals surface area contributed by atoms with Gasteiger partial charge >= 0.3 is 0 Å². The maximum Gasteiger partial charge on any atom is 0.123 e. The number of likely N-dealkylation sites (tertiary alicyclic amines) is 1. The number of para-hydroxylation sites is 1. The van der Waals surface area contributed by atoms with Crippen molar-refractivity contribution in [2.24, 2.45) is 0 Å². The highest BCUT2D eigenvalue weighted by molar-refractivity contribution is 5.38. The van der Waals surface area contributed by atoms with Gasteiger partial charge in [-0.05, 0) is 43.4 Å². The normalized spacial score (nSPS) is 21.6. The summed E-state index contributed by atoms with van der Waals surface area (Å²) in [7, 11) is 0. The Balaban J connectivity index is 1.90. The number of nitrogens with zero attached hydrogens (tertiary/aromatic N) is 1. The molecule has 1 saturated heterocycles. The van der Waals surface area contributed by atoms with Crippen molar-refractivity contribution >= 4 is 0 Å². The van der Waals surface area contributed by atoms with Gasteiger partial charge in [0.15, 0.2) is 0 Å². The van der Waals surface area contributed by atoms with Crippen LogP contribution in [0.4, 0.5) is 0 Å². The zero-order chi connectivity index (χ0) is 16.2. The maximum atomic E-state index is 10.3. The number of hydrogen-bond donors (Lipinski definition) is 1. The van der Waals surface area contributed by atoms with Crippen LogP contribution in [0.2, 0.25) is 0 Å². The summed E-state index contributed by atoms with van der Waals surface area (Å²) in [5.41, 5.74) is 1.23. The minimum Gasteiger partial charge on any atom is -0.491 e. The zero-order valence-electron chi connectivity index (χ0n) is 14.5. The lowest BCUT2D eigenvalue weighted by molar-refractivity contribution is 0.0433. The summed E-state index contributed by atoms with van der Waals surface area (Å²) in [6.07, 6.45) is 3.35. The molecular formula is C19H31NO2. The van der Waals surface area contributed by atoms with E-state index < -0.39 is 6.10 Å². The quantitative estimate of drug-likeness (QED) is 0.902. The lowest BCUT2D eigenvalue weighted by atomic mass is 9.86. The molecule has 3 nitrogen and oxygen atoms in total. The van der Waals surface area contributed by atoms with E-state index in [-0.39, 0.29) is 5.41 Å². The third-order valence-corrected chi connectivity index (χ3v) is 4.51. The second kappa shape index (κ2) is 7.47. The second-order valence-corrected chi connectivity index (χ2v) is 7.55. The van der Waals surface area contributed by atoms with Crippen LogP contribution in [0.3, 0.4) is 0 Å². The number of aliphatic hydroxyl groups is 1. The van der Waals surface area contributed by atoms with Gasteiger partial charge in [-0.1, -0.05) is 45.4 Å². The minimum atomic E-state index is -0.437. The number of piperidine rings is 1. The smallest absolute Gasteiger partial charge is 0.123 e. The fourth-order valence-electron chi connectivity index (χ4n) is 3.15. The summed E-state index contributed by atoms with van der Waals surface area (Å²) in [5.74, 6) is 0.890. The predicted molar refractivity (Wildman–Crippen MR) is 91.5 cm³/mol. The van der Waals surface area contributed by atoms with Crippen LogP contribution in [0, 0.1) is 0 Å². The van der Waals surface area contributed by atoms with E-state index in [1.807, 2.05) is 18.2 Å². The van der Waals surface area contributed by atoms with Gasteiger partial charge in [0.25, 0.3) is 0 Å². The Hall–Kier alpha value is -1.06. The molecule has 22 heavy (non-hydrogen) atoms. The predicted octanol–water partition coefficient (Wildman–Crippen LogP) is 3.60. The highest BCUT2D eigenvalue weighted by Gasteiger charge is 2.22. The van der Waals surface area contributed by atoms with Crippen LogP contribution in [0.5, 0.6) is 5.75 Å². The van der Waals surface area contributed by atoms with Gasteiger partial charge in [-0.25, -0.2) is 0 Å². The van der Waals surface area contributed by atoms with E-state index in [1.54, 1.807) is 0 Å². The SMILES string of the molecule is CC1CCCCN1CC(O)COc1ccccc1C(C)(C)C. The molecule has 1 fully saturated rings. The van der Waals surface area contributed by atoms with E-state index in [4.69, 9.17) is 4.74 Å². The summed E-state index contributed by atoms with van der Waals surface area (Å²) >= 11 is 0. The Labute approximate surface area is 135 Å². The van der Waals surface area contributed by atoms with Gasteiger partial charge in [0.2, 0.25) is 0 Å². The molecule has 3 heteroatoms.